The van der Waals surface area contributed by atoms with Gasteiger partial charge in [0, 0.05) is 6.07 Å². The van der Waals surface area contributed by atoms with E-state index in [9.17, 15) is 5.11 Å². The highest BCUT2D eigenvalue weighted by atomic mass is 16.5. The van der Waals surface area contributed by atoms with Crippen molar-refractivity contribution in [2.45, 2.75) is 19.8 Å². The Balaban J connectivity index is 2.20. The van der Waals surface area contributed by atoms with Crippen molar-refractivity contribution >= 4 is 0 Å². The molecule has 3 nitrogen and oxygen atoms in total. The fourth-order valence-corrected chi connectivity index (χ4v) is 1.90. The average molecular weight is 258 g/mol. The van der Waals surface area contributed by atoms with Gasteiger partial charge in [0.1, 0.15) is 23.0 Å². The summed E-state index contributed by atoms with van der Waals surface area (Å²) in [6.07, 6.45) is 1.82. The van der Waals surface area contributed by atoms with E-state index in [0.29, 0.717) is 11.5 Å². The average Bonchev–Trinajstić information content (AvgIpc) is 2.43. The van der Waals surface area contributed by atoms with Gasteiger partial charge in [-0.05, 0) is 42.3 Å². The second-order valence-corrected chi connectivity index (χ2v) is 4.32. The van der Waals surface area contributed by atoms with Gasteiger partial charge in [-0.25, -0.2) is 0 Å². The van der Waals surface area contributed by atoms with Gasteiger partial charge in [0.05, 0.1) is 7.11 Å². The number of phenolic OH excluding ortho intramolecular Hbond substituents is 1. The van der Waals surface area contributed by atoms with Crippen LogP contribution in [0, 0.1) is 0 Å². The molecule has 0 aromatic heterocycles. The molecule has 0 aliphatic rings. The minimum atomic E-state index is 0.319. The van der Waals surface area contributed by atoms with Crippen LogP contribution in [0.5, 0.6) is 23.0 Å². The SMILES string of the molecule is CCCc1cc(Oc2cccc(OC)c2)ccc1O. The summed E-state index contributed by atoms with van der Waals surface area (Å²) in [5, 5.41) is 9.74. The lowest BCUT2D eigenvalue weighted by Crippen LogP contribution is -1.89. The van der Waals surface area contributed by atoms with E-state index >= 15 is 0 Å². The molecule has 19 heavy (non-hydrogen) atoms. The van der Waals surface area contributed by atoms with Crippen LogP contribution in [0.1, 0.15) is 18.9 Å². The second-order valence-electron chi connectivity index (χ2n) is 4.32. The van der Waals surface area contributed by atoms with Crippen LogP contribution in [-0.2, 0) is 6.42 Å². The fourth-order valence-electron chi connectivity index (χ4n) is 1.90. The molecule has 0 radical (unpaired) electrons. The molecule has 0 aliphatic heterocycles. The van der Waals surface area contributed by atoms with E-state index < -0.39 is 0 Å². The molecule has 2 rings (SSSR count). The van der Waals surface area contributed by atoms with E-state index in [1.807, 2.05) is 30.3 Å². The number of hydrogen-bond donors (Lipinski definition) is 1. The fraction of sp³-hybridized carbons (Fsp3) is 0.250. The first-order chi connectivity index (χ1) is 9.22. The Labute approximate surface area is 113 Å². The minimum absolute atomic E-state index is 0.319. The van der Waals surface area contributed by atoms with Crippen molar-refractivity contribution in [1.29, 1.82) is 0 Å². The molecule has 100 valence electrons. The highest BCUT2D eigenvalue weighted by Gasteiger charge is 2.04. The number of ether oxygens (including phenoxy) is 2. The molecule has 2 aromatic rings. The smallest absolute Gasteiger partial charge is 0.131 e. The molecule has 0 fully saturated rings. The topological polar surface area (TPSA) is 38.7 Å². The van der Waals surface area contributed by atoms with Crippen LogP contribution in [0.15, 0.2) is 42.5 Å². The second kappa shape index (κ2) is 6.14. The Morgan fingerprint density at radius 1 is 1.00 bits per heavy atom. The van der Waals surface area contributed by atoms with Crippen molar-refractivity contribution in [2.75, 3.05) is 7.11 Å². The van der Waals surface area contributed by atoms with Crippen molar-refractivity contribution in [3.05, 3.63) is 48.0 Å². The van der Waals surface area contributed by atoms with Gasteiger partial charge in [0.25, 0.3) is 0 Å². The van der Waals surface area contributed by atoms with Gasteiger partial charge < -0.3 is 14.6 Å². The van der Waals surface area contributed by atoms with Crippen LogP contribution in [0.2, 0.25) is 0 Å². The van der Waals surface area contributed by atoms with Gasteiger partial charge in [-0.2, -0.15) is 0 Å². The quantitative estimate of drug-likeness (QED) is 0.875. The largest absolute Gasteiger partial charge is 0.508 e. The van der Waals surface area contributed by atoms with E-state index in [-0.39, 0.29) is 0 Å². The number of aryl methyl sites for hydroxylation is 1. The van der Waals surface area contributed by atoms with E-state index in [1.54, 1.807) is 19.2 Å². The van der Waals surface area contributed by atoms with E-state index in [1.165, 1.54) is 0 Å². The molecule has 1 N–H and O–H groups in total. The normalized spacial score (nSPS) is 10.2. The van der Waals surface area contributed by atoms with E-state index in [0.717, 1.165) is 29.9 Å². The third-order valence-electron chi connectivity index (χ3n) is 2.85. The minimum Gasteiger partial charge on any atom is -0.508 e. The predicted molar refractivity (Wildman–Crippen MR) is 75.2 cm³/mol. The maximum Gasteiger partial charge on any atom is 0.131 e. The zero-order valence-corrected chi connectivity index (χ0v) is 11.2. The number of benzene rings is 2. The number of aromatic hydroxyl groups is 1. The Morgan fingerprint density at radius 2 is 1.74 bits per heavy atom. The van der Waals surface area contributed by atoms with E-state index in [2.05, 4.69) is 6.92 Å². The van der Waals surface area contributed by atoms with Crippen LogP contribution in [0.4, 0.5) is 0 Å². The monoisotopic (exact) mass is 258 g/mol. The van der Waals surface area contributed by atoms with Gasteiger partial charge in [-0.3, -0.25) is 0 Å². The van der Waals surface area contributed by atoms with Gasteiger partial charge >= 0.3 is 0 Å². The zero-order valence-electron chi connectivity index (χ0n) is 11.2. The van der Waals surface area contributed by atoms with Crippen LogP contribution < -0.4 is 9.47 Å². The van der Waals surface area contributed by atoms with Crippen LogP contribution >= 0.6 is 0 Å². The van der Waals surface area contributed by atoms with Gasteiger partial charge in [-0.15, -0.1) is 0 Å². The summed E-state index contributed by atoms with van der Waals surface area (Å²) in [6.45, 7) is 2.08. The van der Waals surface area contributed by atoms with Crippen LogP contribution in [-0.4, -0.2) is 12.2 Å². The first kappa shape index (κ1) is 13.3. The van der Waals surface area contributed by atoms with Crippen molar-refractivity contribution in [1.82, 2.24) is 0 Å². The summed E-state index contributed by atoms with van der Waals surface area (Å²) in [5.41, 5.74) is 0.905. The Hall–Kier alpha value is -2.16. The molecule has 0 unspecified atom stereocenters. The predicted octanol–water partition coefficient (Wildman–Crippen LogP) is 4.15. The Kier molecular flexibility index (Phi) is 4.29. The zero-order chi connectivity index (χ0) is 13.7. The number of rotatable bonds is 5. The van der Waals surface area contributed by atoms with Crippen molar-refractivity contribution in [3.8, 4) is 23.0 Å². The third-order valence-corrected chi connectivity index (χ3v) is 2.85. The van der Waals surface area contributed by atoms with Gasteiger partial charge in [0.2, 0.25) is 0 Å². The number of methoxy groups -OCH3 is 1. The standard InChI is InChI=1S/C16H18O3/c1-3-5-12-10-15(8-9-16(12)17)19-14-7-4-6-13(11-14)18-2/h4,6-11,17H,3,5H2,1-2H3. The molecule has 0 atom stereocenters. The molecule has 0 aliphatic carbocycles. The molecule has 3 heteroatoms. The van der Waals surface area contributed by atoms with E-state index in [4.69, 9.17) is 9.47 Å². The molecule has 0 spiro atoms. The first-order valence-corrected chi connectivity index (χ1v) is 6.36. The maximum atomic E-state index is 9.74. The summed E-state index contributed by atoms with van der Waals surface area (Å²) >= 11 is 0. The van der Waals surface area contributed by atoms with Crippen molar-refractivity contribution < 1.29 is 14.6 Å². The highest BCUT2D eigenvalue weighted by Crippen LogP contribution is 2.29. The summed E-state index contributed by atoms with van der Waals surface area (Å²) in [7, 11) is 1.62. The number of phenols is 1. The summed E-state index contributed by atoms with van der Waals surface area (Å²) in [5.74, 6) is 2.51. The van der Waals surface area contributed by atoms with Crippen LogP contribution in [0.3, 0.4) is 0 Å². The summed E-state index contributed by atoms with van der Waals surface area (Å²) in [4.78, 5) is 0. The molecule has 0 amide bonds. The Morgan fingerprint density at radius 3 is 2.47 bits per heavy atom. The molecular weight excluding hydrogens is 240 g/mol. The lowest BCUT2D eigenvalue weighted by molar-refractivity contribution is 0.408. The third kappa shape index (κ3) is 3.41. The van der Waals surface area contributed by atoms with Gasteiger partial charge in [-0.1, -0.05) is 19.4 Å². The molecule has 0 saturated carbocycles. The molecule has 2 aromatic carbocycles. The number of hydrogen-bond acceptors (Lipinski definition) is 3. The lowest BCUT2D eigenvalue weighted by Gasteiger charge is -2.09. The Bertz CT molecular complexity index is 549. The van der Waals surface area contributed by atoms with Crippen LogP contribution in [0.25, 0.3) is 0 Å². The highest BCUT2D eigenvalue weighted by molar-refractivity contribution is 5.42. The molecule has 0 heterocycles. The van der Waals surface area contributed by atoms with Crippen molar-refractivity contribution in [3.63, 3.8) is 0 Å². The lowest BCUT2D eigenvalue weighted by atomic mass is 10.1. The molecular formula is C16H18O3. The molecule has 0 bridgehead atoms. The summed E-state index contributed by atoms with van der Waals surface area (Å²) in [6, 6.07) is 12.7. The van der Waals surface area contributed by atoms with Gasteiger partial charge in [0.15, 0.2) is 0 Å². The molecule has 0 saturated heterocycles. The summed E-state index contributed by atoms with van der Waals surface area (Å²) < 4.78 is 10.9. The maximum absolute atomic E-state index is 9.74. The first-order valence-electron chi connectivity index (χ1n) is 6.36. The van der Waals surface area contributed by atoms with Crippen molar-refractivity contribution in [2.24, 2.45) is 0 Å².